The monoisotopic (exact) mass is 296 g/mol. The molecule has 0 aromatic heterocycles. The minimum Gasteiger partial charge on any atom is -0.341 e. The van der Waals surface area contributed by atoms with Crippen LogP contribution >= 0.6 is 0 Å². The maximum atomic E-state index is 12.7. The number of nitriles is 1. The molecule has 1 fully saturated rings. The van der Waals surface area contributed by atoms with Crippen LogP contribution in [-0.4, -0.2) is 17.9 Å². The van der Waals surface area contributed by atoms with Gasteiger partial charge in [0.15, 0.2) is 0 Å². The summed E-state index contributed by atoms with van der Waals surface area (Å²) in [5, 5.41) is 8.82. The highest BCUT2D eigenvalue weighted by Crippen LogP contribution is 2.60. The molecular formula is C19H24N2O. The van der Waals surface area contributed by atoms with E-state index in [9.17, 15) is 4.79 Å². The van der Waals surface area contributed by atoms with Crippen LogP contribution in [0.3, 0.4) is 0 Å². The second-order valence-corrected chi connectivity index (χ2v) is 7.07. The van der Waals surface area contributed by atoms with Gasteiger partial charge in [-0.2, -0.15) is 5.26 Å². The smallest absolute Gasteiger partial charge is 0.226 e. The quantitative estimate of drug-likeness (QED) is 0.794. The zero-order chi connectivity index (χ0) is 16.5. The highest BCUT2D eigenvalue weighted by molar-refractivity contribution is 5.83. The van der Waals surface area contributed by atoms with Gasteiger partial charge in [0.2, 0.25) is 5.91 Å². The third kappa shape index (κ3) is 3.22. The van der Waals surface area contributed by atoms with E-state index in [1.54, 1.807) is 17.0 Å². The molecule has 0 aliphatic heterocycles. The Bertz CT molecular complexity index is 630. The highest BCUT2D eigenvalue weighted by atomic mass is 16.2. The first-order chi connectivity index (χ1) is 10.3. The molecule has 2 rings (SSSR count). The van der Waals surface area contributed by atoms with Crippen molar-refractivity contribution in [1.29, 1.82) is 5.26 Å². The number of hydrogen-bond donors (Lipinski definition) is 0. The number of carbonyl (C=O) groups excluding carboxylic acids is 1. The summed E-state index contributed by atoms with van der Waals surface area (Å²) in [4.78, 5) is 14.5. The molecule has 0 radical (unpaired) electrons. The summed E-state index contributed by atoms with van der Waals surface area (Å²) in [5.41, 5.74) is 3.01. The van der Waals surface area contributed by atoms with Crippen molar-refractivity contribution in [3.8, 4) is 6.07 Å². The summed E-state index contributed by atoms with van der Waals surface area (Å²) >= 11 is 0. The lowest BCUT2D eigenvalue weighted by Gasteiger charge is -2.18. The molecule has 3 heteroatoms. The van der Waals surface area contributed by atoms with E-state index in [0.717, 1.165) is 5.56 Å². The maximum absolute atomic E-state index is 12.7. The molecule has 0 bridgehead atoms. The van der Waals surface area contributed by atoms with E-state index in [4.69, 9.17) is 5.26 Å². The van der Waals surface area contributed by atoms with Crippen LogP contribution in [0.1, 0.15) is 38.8 Å². The number of hydrogen-bond acceptors (Lipinski definition) is 2. The lowest BCUT2D eigenvalue weighted by Crippen LogP contribution is -2.29. The van der Waals surface area contributed by atoms with Crippen molar-refractivity contribution < 1.29 is 4.79 Å². The molecule has 1 saturated carbocycles. The molecule has 22 heavy (non-hydrogen) atoms. The van der Waals surface area contributed by atoms with E-state index < -0.39 is 0 Å². The predicted octanol–water partition coefficient (Wildman–Crippen LogP) is 3.76. The molecule has 1 amide bonds. The fourth-order valence-electron chi connectivity index (χ4n) is 3.09. The molecule has 1 aromatic carbocycles. The van der Waals surface area contributed by atoms with Crippen molar-refractivity contribution in [3.63, 3.8) is 0 Å². The summed E-state index contributed by atoms with van der Waals surface area (Å²) in [5.74, 6) is 0.621. The van der Waals surface area contributed by atoms with Gasteiger partial charge in [-0.25, -0.2) is 0 Å². The van der Waals surface area contributed by atoms with Crippen molar-refractivity contribution in [2.75, 3.05) is 7.05 Å². The van der Waals surface area contributed by atoms with Gasteiger partial charge in [-0.15, -0.1) is 0 Å². The average Bonchev–Trinajstić information content (AvgIpc) is 2.98. The first-order valence-corrected chi connectivity index (χ1v) is 7.66. The second-order valence-electron chi connectivity index (χ2n) is 7.07. The van der Waals surface area contributed by atoms with Gasteiger partial charge in [-0.3, -0.25) is 4.79 Å². The van der Waals surface area contributed by atoms with Gasteiger partial charge in [0, 0.05) is 13.6 Å². The summed E-state index contributed by atoms with van der Waals surface area (Å²) in [7, 11) is 1.86. The van der Waals surface area contributed by atoms with Crippen LogP contribution in [0.2, 0.25) is 0 Å². The van der Waals surface area contributed by atoms with Gasteiger partial charge in [0.1, 0.15) is 0 Å². The summed E-state index contributed by atoms with van der Waals surface area (Å²) in [6.07, 6.45) is 2.22. The number of benzene rings is 1. The number of allylic oxidation sites excluding steroid dienone is 2. The number of nitrogens with zero attached hydrogens (tertiary/aromatic N) is 2. The largest absolute Gasteiger partial charge is 0.341 e. The Labute approximate surface area is 133 Å². The first-order valence-electron chi connectivity index (χ1n) is 7.66. The Hall–Kier alpha value is -2.08. The van der Waals surface area contributed by atoms with Crippen LogP contribution in [0.5, 0.6) is 0 Å². The molecule has 116 valence electrons. The van der Waals surface area contributed by atoms with Crippen molar-refractivity contribution >= 4 is 5.91 Å². The lowest BCUT2D eigenvalue weighted by atomic mass is 10.1. The number of amides is 1. The van der Waals surface area contributed by atoms with Gasteiger partial charge in [-0.1, -0.05) is 37.6 Å². The van der Waals surface area contributed by atoms with Crippen LogP contribution < -0.4 is 0 Å². The van der Waals surface area contributed by atoms with E-state index in [0.29, 0.717) is 18.0 Å². The highest BCUT2D eigenvalue weighted by Gasteiger charge is 2.60. The molecule has 0 spiro atoms. The molecule has 2 unspecified atom stereocenters. The van der Waals surface area contributed by atoms with E-state index in [2.05, 4.69) is 39.8 Å². The van der Waals surface area contributed by atoms with Crippen molar-refractivity contribution in [2.45, 2.75) is 34.2 Å². The van der Waals surface area contributed by atoms with Crippen LogP contribution in [-0.2, 0) is 11.3 Å². The van der Waals surface area contributed by atoms with Gasteiger partial charge in [-0.05, 0) is 42.9 Å². The summed E-state index contributed by atoms with van der Waals surface area (Å²) in [6, 6.07) is 9.51. The average molecular weight is 296 g/mol. The second kappa shape index (κ2) is 5.96. The van der Waals surface area contributed by atoms with Crippen molar-refractivity contribution in [2.24, 2.45) is 17.3 Å². The Kier molecular flexibility index (Phi) is 4.42. The van der Waals surface area contributed by atoms with Gasteiger partial charge in [0.25, 0.3) is 0 Å². The molecule has 1 aromatic rings. The minimum atomic E-state index is 0.0489. The molecule has 0 N–H and O–H groups in total. The van der Waals surface area contributed by atoms with E-state index in [1.165, 1.54) is 5.57 Å². The molecule has 0 saturated heterocycles. The number of carbonyl (C=O) groups is 1. The van der Waals surface area contributed by atoms with Crippen LogP contribution in [0, 0.1) is 28.6 Å². The molecule has 3 nitrogen and oxygen atoms in total. The van der Waals surface area contributed by atoms with E-state index >= 15 is 0 Å². The van der Waals surface area contributed by atoms with E-state index in [1.807, 2.05) is 19.2 Å². The molecule has 0 heterocycles. The fraction of sp³-hybridized carbons (Fsp3) is 0.474. The maximum Gasteiger partial charge on any atom is 0.226 e. The predicted molar refractivity (Wildman–Crippen MR) is 87.8 cm³/mol. The Morgan fingerprint density at radius 3 is 2.41 bits per heavy atom. The van der Waals surface area contributed by atoms with Crippen molar-refractivity contribution in [3.05, 3.63) is 47.0 Å². The molecule has 1 aliphatic rings. The SMILES string of the molecule is CC(C)=CC1C(C(=O)N(C)Cc2ccc(C#N)cc2)C1(C)C. The normalized spacial score (nSPS) is 21.6. The molecular weight excluding hydrogens is 272 g/mol. The van der Waals surface area contributed by atoms with Crippen LogP contribution in [0.25, 0.3) is 0 Å². The molecule has 2 atom stereocenters. The topological polar surface area (TPSA) is 44.1 Å². The third-order valence-corrected chi connectivity index (χ3v) is 4.57. The number of rotatable bonds is 4. The van der Waals surface area contributed by atoms with E-state index in [-0.39, 0.29) is 17.2 Å². The third-order valence-electron chi connectivity index (χ3n) is 4.57. The molecule has 1 aliphatic carbocycles. The van der Waals surface area contributed by atoms with Crippen molar-refractivity contribution in [1.82, 2.24) is 4.90 Å². The Morgan fingerprint density at radius 2 is 1.91 bits per heavy atom. The zero-order valence-electron chi connectivity index (χ0n) is 14.1. The van der Waals surface area contributed by atoms with Crippen LogP contribution in [0.15, 0.2) is 35.9 Å². The van der Waals surface area contributed by atoms with Gasteiger partial charge >= 0.3 is 0 Å². The lowest BCUT2D eigenvalue weighted by molar-refractivity contribution is -0.132. The summed E-state index contributed by atoms with van der Waals surface area (Å²) < 4.78 is 0. The van der Waals surface area contributed by atoms with Gasteiger partial charge in [0.05, 0.1) is 17.6 Å². The van der Waals surface area contributed by atoms with Gasteiger partial charge < -0.3 is 4.90 Å². The zero-order valence-corrected chi connectivity index (χ0v) is 14.1. The summed E-state index contributed by atoms with van der Waals surface area (Å²) in [6.45, 7) is 9.07. The minimum absolute atomic E-state index is 0.0489. The standard InChI is InChI=1S/C19H24N2O/c1-13(2)10-16-17(19(16,3)4)18(22)21(5)12-15-8-6-14(11-20)7-9-15/h6-10,16-17H,12H2,1-5H3. The Morgan fingerprint density at radius 1 is 1.32 bits per heavy atom. The Balaban J connectivity index is 2.04. The first kappa shape index (κ1) is 16.3. The fourth-order valence-corrected chi connectivity index (χ4v) is 3.09. The van der Waals surface area contributed by atoms with Crippen LogP contribution in [0.4, 0.5) is 0 Å².